The van der Waals surface area contributed by atoms with Crippen molar-refractivity contribution in [2.75, 3.05) is 0 Å². The molecule has 102 valence electrons. The molecule has 3 unspecified atom stereocenters. The first-order valence-electron chi connectivity index (χ1n) is 6.76. The summed E-state index contributed by atoms with van der Waals surface area (Å²) in [5.74, 6) is 0. The van der Waals surface area contributed by atoms with E-state index in [1.54, 1.807) is 11.3 Å². The maximum atomic E-state index is 9.79. The zero-order valence-electron chi connectivity index (χ0n) is 11.6. The minimum atomic E-state index is -0.185. The van der Waals surface area contributed by atoms with Crippen LogP contribution in [0.25, 0.3) is 10.2 Å². The Bertz CT molecular complexity index is 593. The molecule has 1 aliphatic carbocycles. The number of rotatable bonds is 3. The molecule has 0 radical (unpaired) electrons. The lowest BCUT2D eigenvalue weighted by atomic mass is 9.64. The van der Waals surface area contributed by atoms with Gasteiger partial charge in [0.2, 0.25) is 0 Å². The number of pyridine rings is 1. The highest BCUT2D eigenvalue weighted by Gasteiger charge is 2.47. The van der Waals surface area contributed by atoms with E-state index in [4.69, 9.17) is 0 Å². The van der Waals surface area contributed by atoms with Crippen LogP contribution >= 0.6 is 11.3 Å². The monoisotopic (exact) mass is 276 g/mol. The van der Waals surface area contributed by atoms with Gasteiger partial charge in [-0.3, -0.25) is 4.98 Å². The summed E-state index contributed by atoms with van der Waals surface area (Å²) in [7, 11) is 0. The van der Waals surface area contributed by atoms with Crippen LogP contribution in [-0.4, -0.2) is 22.2 Å². The van der Waals surface area contributed by atoms with E-state index in [2.05, 4.69) is 42.5 Å². The Morgan fingerprint density at radius 3 is 3.00 bits per heavy atom. The van der Waals surface area contributed by atoms with E-state index in [-0.39, 0.29) is 17.6 Å². The van der Waals surface area contributed by atoms with Crippen molar-refractivity contribution in [2.24, 2.45) is 5.41 Å². The largest absolute Gasteiger partial charge is 0.392 e. The molecule has 4 heteroatoms. The molecule has 0 saturated heterocycles. The van der Waals surface area contributed by atoms with E-state index in [0.29, 0.717) is 6.04 Å². The predicted octanol–water partition coefficient (Wildman–Crippen LogP) is 3.11. The highest BCUT2D eigenvalue weighted by atomic mass is 32.1. The van der Waals surface area contributed by atoms with Crippen LogP contribution in [0, 0.1) is 5.41 Å². The molecule has 2 heterocycles. The van der Waals surface area contributed by atoms with Crippen molar-refractivity contribution in [2.45, 2.75) is 45.4 Å². The zero-order chi connectivity index (χ0) is 13.6. The summed E-state index contributed by atoms with van der Waals surface area (Å²) in [6, 6.07) is 4.90. The van der Waals surface area contributed by atoms with Crippen LogP contribution in [0.2, 0.25) is 0 Å². The Labute approximate surface area is 117 Å². The summed E-state index contributed by atoms with van der Waals surface area (Å²) in [5.41, 5.74) is 2.25. The number of nitrogens with one attached hydrogen (secondary N) is 1. The van der Waals surface area contributed by atoms with Crippen LogP contribution in [0.5, 0.6) is 0 Å². The second-order valence-corrected chi connectivity index (χ2v) is 7.03. The summed E-state index contributed by atoms with van der Waals surface area (Å²) in [6.45, 7) is 6.40. The highest BCUT2D eigenvalue weighted by molar-refractivity contribution is 7.17. The van der Waals surface area contributed by atoms with Crippen LogP contribution < -0.4 is 5.32 Å². The first kappa shape index (κ1) is 13.0. The lowest BCUT2D eigenvalue weighted by Gasteiger charge is -2.50. The topological polar surface area (TPSA) is 45.1 Å². The van der Waals surface area contributed by atoms with E-state index in [1.807, 2.05) is 12.3 Å². The minimum absolute atomic E-state index is 0.0330. The van der Waals surface area contributed by atoms with Crippen molar-refractivity contribution in [3.05, 3.63) is 29.3 Å². The second-order valence-electron chi connectivity index (χ2n) is 6.09. The summed E-state index contributed by atoms with van der Waals surface area (Å²) < 4.78 is 1.24. The zero-order valence-corrected chi connectivity index (χ0v) is 12.4. The number of nitrogens with zero attached hydrogens (tertiary/aromatic N) is 1. The fourth-order valence-electron chi connectivity index (χ4n) is 2.68. The predicted molar refractivity (Wildman–Crippen MR) is 79.4 cm³/mol. The molecule has 0 amide bonds. The van der Waals surface area contributed by atoms with Crippen LogP contribution in [0.4, 0.5) is 0 Å². The first-order chi connectivity index (χ1) is 8.98. The van der Waals surface area contributed by atoms with Crippen molar-refractivity contribution >= 4 is 21.6 Å². The molecule has 1 saturated carbocycles. The van der Waals surface area contributed by atoms with Crippen molar-refractivity contribution in [3.8, 4) is 0 Å². The van der Waals surface area contributed by atoms with E-state index >= 15 is 0 Å². The molecule has 0 aromatic carbocycles. The van der Waals surface area contributed by atoms with Crippen molar-refractivity contribution in [3.63, 3.8) is 0 Å². The first-order valence-corrected chi connectivity index (χ1v) is 7.63. The average molecular weight is 276 g/mol. The molecule has 3 atom stereocenters. The number of thiophene rings is 1. The quantitative estimate of drug-likeness (QED) is 0.905. The molecule has 0 bridgehead atoms. The van der Waals surface area contributed by atoms with E-state index in [0.717, 1.165) is 11.9 Å². The number of hydrogen-bond acceptors (Lipinski definition) is 4. The van der Waals surface area contributed by atoms with Crippen LogP contribution in [0.15, 0.2) is 23.7 Å². The van der Waals surface area contributed by atoms with Gasteiger partial charge in [0.05, 0.1) is 16.3 Å². The fourth-order valence-corrected chi connectivity index (χ4v) is 3.47. The SMILES string of the molecule is CC(NC1CC(O)C1(C)C)c1cnc2ccsc2c1. The maximum Gasteiger partial charge on any atom is 0.0809 e. The van der Waals surface area contributed by atoms with Gasteiger partial charge in [-0.2, -0.15) is 0 Å². The number of aliphatic hydroxyl groups is 1. The average Bonchev–Trinajstić information content (AvgIpc) is 2.85. The van der Waals surface area contributed by atoms with Crippen LogP contribution in [0.1, 0.15) is 38.8 Å². The number of hydrogen-bond donors (Lipinski definition) is 2. The van der Waals surface area contributed by atoms with E-state index in [1.165, 1.54) is 10.3 Å². The highest BCUT2D eigenvalue weighted by Crippen LogP contribution is 2.41. The number of aromatic nitrogens is 1. The maximum absolute atomic E-state index is 9.79. The van der Waals surface area contributed by atoms with Gasteiger partial charge in [0.25, 0.3) is 0 Å². The van der Waals surface area contributed by atoms with Gasteiger partial charge in [0, 0.05) is 23.7 Å². The summed E-state index contributed by atoms with van der Waals surface area (Å²) in [4.78, 5) is 4.49. The fraction of sp³-hybridized carbons (Fsp3) is 0.533. The van der Waals surface area contributed by atoms with E-state index < -0.39 is 0 Å². The summed E-state index contributed by atoms with van der Waals surface area (Å²) in [5, 5.41) is 15.5. The Kier molecular flexibility index (Phi) is 3.12. The molecule has 0 spiro atoms. The third-order valence-corrected chi connectivity index (χ3v) is 5.34. The third kappa shape index (κ3) is 2.18. The number of fused-ring (bicyclic) bond motifs is 1. The smallest absolute Gasteiger partial charge is 0.0809 e. The lowest BCUT2D eigenvalue weighted by Crippen LogP contribution is -2.60. The van der Waals surface area contributed by atoms with Gasteiger partial charge in [0.1, 0.15) is 0 Å². The molecule has 0 aliphatic heterocycles. The van der Waals surface area contributed by atoms with Gasteiger partial charge in [-0.25, -0.2) is 0 Å². The van der Waals surface area contributed by atoms with E-state index in [9.17, 15) is 5.11 Å². The van der Waals surface area contributed by atoms with Gasteiger partial charge in [-0.15, -0.1) is 11.3 Å². The van der Waals surface area contributed by atoms with Crippen LogP contribution in [0.3, 0.4) is 0 Å². The van der Waals surface area contributed by atoms with Crippen molar-refractivity contribution < 1.29 is 5.11 Å². The Morgan fingerprint density at radius 2 is 2.32 bits per heavy atom. The number of aliphatic hydroxyl groups excluding tert-OH is 1. The van der Waals surface area contributed by atoms with Crippen molar-refractivity contribution in [1.29, 1.82) is 0 Å². The minimum Gasteiger partial charge on any atom is -0.392 e. The van der Waals surface area contributed by atoms with Gasteiger partial charge >= 0.3 is 0 Å². The third-order valence-electron chi connectivity index (χ3n) is 4.49. The molecule has 1 fully saturated rings. The summed E-state index contributed by atoms with van der Waals surface area (Å²) >= 11 is 1.73. The van der Waals surface area contributed by atoms with Crippen molar-refractivity contribution in [1.82, 2.24) is 10.3 Å². The molecule has 2 aromatic heterocycles. The molecule has 2 N–H and O–H groups in total. The molecule has 3 nitrogen and oxygen atoms in total. The van der Waals surface area contributed by atoms with Gasteiger partial charge in [-0.05, 0) is 36.4 Å². The van der Waals surface area contributed by atoms with Crippen LogP contribution in [-0.2, 0) is 0 Å². The Morgan fingerprint density at radius 1 is 1.53 bits per heavy atom. The van der Waals surface area contributed by atoms with Gasteiger partial charge in [-0.1, -0.05) is 13.8 Å². The summed E-state index contributed by atoms with van der Waals surface area (Å²) in [6.07, 6.45) is 2.61. The lowest BCUT2D eigenvalue weighted by molar-refractivity contribution is -0.0754. The Balaban J connectivity index is 1.75. The standard InChI is InChI=1S/C15H20N2OS/c1-9(17-13-7-14(18)15(13,2)3)10-6-12-11(16-8-10)4-5-19-12/h4-6,8-9,13-14,17-18H,7H2,1-3H3. The molecule has 19 heavy (non-hydrogen) atoms. The normalized spacial score (nSPS) is 27.2. The van der Waals surface area contributed by atoms with Gasteiger partial charge < -0.3 is 10.4 Å². The molecular formula is C15H20N2OS. The molecular weight excluding hydrogens is 256 g/mol. The molecule has 3 rings (SSSR count). The Hall–Kier alpha value is -0.970. The molecule has 2 aromatic rings. The molecule has 1 aliphatic rings. The van der Waals surface area contributed by atoms with Gasteiger partial charge in [0.15, 0.2) is 0 Å². The second kappa shape index (κ2) is 4.54.